The van der Waals surface area contributed by atoms with Crippen LogP contribution in [0, 0.1) is 0 Å². The van der Waals surface area contributed by atoms with E-state index >= 15 is 0 Å². The number of hydrazone groups is 1. The third-order valence-corrected chi connectivity index (χ3v) is 3.56. The second-order valence-corrected chi connectivity index (χ2v) is 5.14. The Hall–Kier alpha value is -3.35. The second kappa shape index (κ2) is 6.82. The van der Waals surface area contributed by atoms with E-state index in [1.165, 1.54) is 0 Å². The van der Waals surface area contributed by atoms with Crippen molar-refractivity contribution in [2.75, 3.05) is 7.11 Å². The first-order valence-electron chi connectivity index (χ1n) is 7.32. The molecule has 1 amide bonds. The van der Waals surface area contributed by atoms with Crippen molar-refractivity contribution in [3.63, 3.8) is 0 Å². The molecule has 0 aliphatic carbocycles. The van der Waals surface area contributed by atoms with Gasteiger partial charge in [0.15, 0.2) is 0 Å². The second-order valence-electron chi connectivity index (χ2n) is 5.14. The number of hydrogen-bond donors (Lipinski definition) is 2. The van der Waals surface area contributed by atoms with E-state index in [-0.39, 0.29) is 5.91 Å². The number of methoxy groups -OCH3 is 1. The summed E-state index contributed by atoms with van der Waals surface area (Å²) in [6, 6.07) is 12.9. The highest BCUT2D eigenvalue weighted by atomic mass is 16.5. The first kappa shape index (κ1) is 15.5. The number of aromatic nitrogens is 3. The van der Waals surface area contributed by atoms with E-state index in [1.54, 1.807) is 19.4 Å². The summed E-state index contributed by atoms with van der Waals surface area (Å²) in [5.41, 5.74) is 5.26. The topological polar surface area (TPSA) is 84.3 Å². The molecule has 2 N–H and O–H groups in total. The molecular weight excluding hydrogens is 306 g/mol. The van der Waals surface area contributed by atoms with Gasteiger partial charge in [-0.3, -0.25) is 9.89 Å². The molecule has 1 aromatic carbocycles. The lowest BCUT2D eigenvalue weighted by Crippen LogP contribution is -2.18. The number of carbonyl (C=O) groups is 1. The predicted molar refractivity (Wildman–Crippen MR) is 91.0 cm³/mol. The summed E-state index contributed by atoms with van der Waals surface area (Å²) in [5, 5.41) is 10.8. The molecule has 0 saturated carbocycles. The number of H-pyrrole nitrogens is 1. The van der Waals surface area contributed by atoms with Gasteiger partial charge in [-0.25, -0.2) is 5.43 Å². The molecule has 0 fully saturated rings. The van der Waals surface area contributed by atoms with Gasteiger partial charge in [0.25, 0.3) is 5.91 Å². The Bertz CT molecular complexity index is 861. The predicted octanol–water partition coefficient (Wildman–Crippen LogP) is 2.19. The summed E-state index contributed by atoms with van der Waals surface area (Å²) < 4.78 is 7.02. The van der Waals surface area contributed by atoms with E-state index in [9.17, 15) is 4.79 Å². The molecule has 0 aliphatic heterocycles. The van der Waals surface area contributed by atoms with E-state index in [4.69, 9.17) is 4.74 Å². The molecule has 0 saturated heterocycles. The number of aromatic amines is 1. The fourth-order valence-corrected chi connectivity index (χ4v) is 2.17. The minimum absolute atomic E-state index is 0.338. The number of rotatable bonds is 5. The molecule has 0 aliphatic rings. The molecule has 7 heteroatoms. The Kier molecular flexibility index (Phi) is 4.42. The van der Waals surface area contributed by atoms with Crippen LogP contribution < -0.4 is 10.2 Å². The Morgan fingerprint density at radius 1 is 1.33 bits per heavy atom. The van der Waals surface area contributed by atoms with Gasteiger partial charge in [0.1, 0.15) is 11.4 Å². The van der Waals surface area contributed by atoms with Crippen LogP contribution in [0.15, 0.2) is 53.8 Å². The number of nitrogens with one attached hydrogen (secondary N) is 2. The van der Waals surface area contributed by atoms with Crippen LogP contribution in [-0.4, -0.2) is 34.0 Å². The molecule has 0 radical (unpaired) electrons. The van der Waals surface area contributed by atoms with Gasteiger partial charge >= 0.3 is 0 Å². The van der Waals surface area contributed by atoms with Crippen LogP contribution in [0.5, 0.6) is 5.75 Å². The summed E-state index contributed by atoms with van der Waals surface area (Å²) in [4.78, 5) is 12.1. The van der Waals surface area contributed by atoms with Crippen LogP contribution in [0.1, 0.15) is 16.2 Å². The van der Waals surface area contributed by atoms with Crippen molar-refractivity contribution in [3.05, 3.63) is 60.0 Å². The molecule has 2 aromatic heterocycles. The van der Waals surface area contributed by atoms with Crippen molar-refractivity contribution in [1.29, 1.82) is 0 Å². The first-order valence-corrected chi connectivity index (χ1v) is 7.32. The van der Waals surface area contributed by atoms with E-state index < -0.39 is 0 Å². The summed E-state index contributed by atoms with van der Waals surface area (Å²) in [7, 11) is 3.52. The molecule has 122 valence electrons. The minimum Gasteiger partial charge on any atom is -0.497 e. The molecule has 0 bridgehead atoms. The normalized spacial score (nSPS) is 10.9. The molecule has 3 rings (SSSR count). The lowest BCUT2D eigenvalue weighted by molar-refractivity contribution is 0.0950. The fourth-order valence-electron chi connectivity index (χ4n) is 2.17. The Morgan fingerprint density at radius 3 is 2.79 bits per heavy atom. The third-order valence-electron chi connectivity index (χ3n) is 3.56. The molecule has 0 atom stereocenters. The summed E-state index contributed by atoms with van der Waals surface area (Å²) in [6.45, 7) is 0. The molecule has 24 heavy (non-hydrogen) atoms. The van der Waals surface area contributed by atoms with E-state index in [0.29, 0.717) is 11.4 Å². The number of aryl methyl sites for hydroxylation is 1. The zero-order valence-corrected chi connectivity index (χ0v) is 13.4. The standard InChI is InChI=1S/C17H17N5O2/c1-22-9-3-4-13(22)11-18-21-17(23)16-10-15(19-20-16)12-5-7-14(24-2)8-6-12/h3-11H,1-2H3,(H,19,20)(H,21,23). The van der Waals surface area contributed by atoms with Crippen LogP contribution in [0.2, 0.25) is 0 Å². The summed E-state index contributed by atoms with van der Waals surface area (Å²) in [5.74, 6) is 0.412. The highest BCUT2D eigenvalue weighted by molar-refractivity contribution is 5.94. The summed E-state index contributed by atoms with van der Waals surface area (Å²) in [6.07, 6.45) is 3.48. The van der Waals surface area contributed by atoms with Crippen LogP contribution >= 0.6 is 0 Å². The maximum Gasteiger partial charge on any atom is 0.289 e. The van der Waals surface area contributed by atoms with Crippen molar-refractivity contribution >= 4 is 12.1 Å². The third kappa shape index (κ3) is 3.35. The minimum atomic E-state index is -0.354. The van der Waals surface area contributed by atoms with Crippen molar-refractivity contribution in [1.82, 2.24) is 20.2 Å². The summed E-state index contributed by atoms with van der Waals surface area (Å²) >= 11 is 0. The van der Waals surface area contributed by atoms with Gasteiger partial charge in [-0.05, 0) is 42.5 Å². The highest BCUT2D eigenvalue weighted by Crippen LogP contribution is 2.21. The Balaban J connectivity index is 1.67. The van der Waals surface area contributed by atoms with Crippen molar-refractivity contribution in [2.45, 2.75) is 0 Å². The zero-order chi connectivity index (χ0) is 16.9. The fraction of sp³-hybridized carbons (Fsp3) is 0.118. The SMILES string of the molecule is COc1ccc(-c2cc(C(=O)NN=Cc3cccn3C)[nH]n2)cc1. The van der Waals surface area contributed by atoms with Crippen LogP contribution in [-0.2, 0) is 7.05 Å². The Labute approximate surface area is 139 Å². The van der Waals surface area contributed by atoms with Crippen molar-refractivity contribution < 1.29 is 9.53 Å². The van der Waals surface area contributed by atoms with Gasteiger partial charge in [-0.2, -0.15) is 10.2 Å². The van der Waals surface area contributed by atoms with E-state index in [0.717, 1.165) is 17.0 Å². The molecule has 0 unspecified atom stereocenters. The maximum atomic E-state index is 12.1. The molecule has 0 spiro atoms. The van der Waals surface area contributed by atoms with E-state index in [2.05, 4.69) is 20.7 Å². The van der Waals surface area contributed by atoms with Gasteiger partial charge < -0.3 is 9.30 Å². The van der Waals surface area contributed by atoms with Crippen molar-refractivity contribution in [3.8, 4) is 17.0 Å². The maximum absolute atomic E-state index is 12.1. The van der Waals surface area contributed by atoms with E-state index in [1.807, 2.05) is 54.2 Å². The number of amides is 1. The largest absolute Gasteiger partial charge is 0.497 e. The lowest BCUT2D eigenvalue weighted by Gasteiger charge is -2.00. The van der Waals surface area contributed by atoms with Crippen LogP contribution in [0.3, 0.4) is 0 Å². The van der Waals surface area contributed by atoms with Gasteiger partial charge in [0, 0.05) is 18.8 Å². The average molecular weight is 323 g/mol. The van der Waals surface area contributed by atoms with Gasteiger partial charge in [-0.1, -0.05) is 0 Å². The Morgan fingerprint density at radius 2 is 2.12 bits per heavy atom. The molecular formula is C17H17N5O2. The molecule has 3 aromatic rings. The first-order chi connectivity index (χ1) is 11.7. The number of carbonyl (C=O) groups excluding carboxylic acids is 1. The van der Waals surface area contributed by atoms with Gasteiger partial charge in [0.2, 0.25) is 0 Å². The number of ether oxygens (including phenoxy) is 1. The van der Waals surface area contributed by atoms with Crippen LogP contribution in [0.4, 0.5) is 0 Å². The highest BCUT2D eigenvalue weighted by Gasteiger charge is 2.10. The molecule has 7 nitrogen and oxygen atoms in total. The number of benzene rings is 1. The number of hydrogen-bond acceptors (Lipinski definition) is 4. The number of nitrogens with zero attached hydrogens (tertiary/aromatic N) is 3. The van der Waals surface area contributed by atoms with Gasteiger partial charge in [0.05, 0.1) is 24.7 Å². The molecule has 2 heterocycles. The monoisotopic (exact) mass is 323 g/mol. The quantitative estimate of drug-likeness (QED) is 0.557. The average Bonchev–Trinajstić information content (AvgIpc) is 3.25. The lowest BCUT2D eigenvalue weighted by atomic mass is 10.1. The van der Waals surface area contributed by atoms with Crippen molar-refractivity contribution in [2.24, 2.45) is 12.1 Å². The van der Waals surface area contributed by atoms with Crippen LogP contribution in [0.25, 0.3) is 11.3 Å². The zero-order valence-electron chi connectivity index (χ0n) is 13.4. The smallest absolute Gasteiger partial charge is 0.289 e. The van der Waals surface area contributed by atoms with Gasteiger partial charge in [-0.15, -0.1) is 0 Å².